The monoisotopic (exact) mass is 227 g/mol. The number of rotatable bonds is 5. The molecule has 2 nitrogen and oxygen atoms in total. The van der Waals surface area contributed by atoms with Gasteiger partial charge in [-0.3, -0.25) is 0 Å². The van der Waals surface area contributed by atoms with Crippen molar-refractivity contribution >= 4 is 11.6 Å². The van der Waals surface area contributed by atoms with Crippen molar-refractivity contribution in [3.8, 4) is 5.75 Å². The van der Waals surface area contributed by atoms with Crippen molar-refractivity contribution in [2.45, 2.75) is 20.8 Å². The van der Waals surface area contributed by atoms with Crippen LogP contribution in [0.4, 0.5) is 0 Å². The minimum Gasteiger partial charge on any atom is -0.490 e. The third-order valence-electron chi connectivity index (χ3n) is 2.26. The van der Waals surface area contributed by atoms with Gasteiger partial charge in [-0.15, -0.1) is 0 Å². The zero-order valence-corrected chi connectivity index (χ0v) is 10.3. The highest BCUT2D eigenvalue weighted by Crippen LogP contribution is 2.31. The zero-order valence-electron chi connectivity index (χ0n) is 9.56. The predicted octanol–water partition coefficient (Wildman–Crippen LogP) is 2.95. The molecule has 0 bridgehead atoms. The number of aryl methyl sites for hydroxylation is 2. The van der Waals surface area contributed by atoms with E-state index in [1.165, 1.54) is 0 Å². The van der Waals surface area contributed by atoms with Crippen molar-refractivity contribution in [2.24, 2.45) is 0 Å². The van der Waals surface area contributed by atoms with Crippen LogP contribution in [0.2, 0.25) is 5.02 Å². The van der Waals surface area contributed by atoms with Crippen LogP contribution < -0.4 is 10.1 Å². The SMILES string of the molecule is CCNCCOc1c(C)ccc(C)c1Cl. The van der Waals surface area contributed by atoms with Gasteiger partial charge in [-0.05, 0) is 31.5 Å². The average Bonchev–Trinajstić information content (AvgIpc) is 2.23. The highest BCUT2D eigenvalue weighted by molar-refractivity contribution is 6.32. The molecule has 0 atom stereocenters. The van der Waals surface area contributed by atoms with Crippen LogP contribution in [0, 0.1) is 13.8 Å². The van der Waals surface area contributed by atoms with Gasteiger partial charge in [0.1, 0.15) is 12.4 Å². The Morgan fingerprint density at radius 1 is 1.27 bits per heavy atom. The summed E-state index contributed by atoms with van der Waals surface area (Å²) in [5.41, 5.74) is 2.14. The number of nitrogens with one attached hydrogen (secondary N) is 1. The van der Waals surface area contributed by atoms with Crippen LogP contribution in [-0.2, 0) is 0 Å². The number of likely N-dealkylation sites (N-methyl/N-ethyl adjacent to an activating group) is 1. The lowest BCUT2D eigenvalue weighted by Crippen LogP contribution is -2.20. The molecule has 1 aromatic rings. The first-order valence-corrected chi connectivity index (χ1v) is 5.63. The van der Waals surface area contributed by atoms with Crippen LogP contribution in [0.25, 0.3) is 0 Å². The van der Waals surface area contributed by atoms with E-state index < -0.39 is 0 Å². The molecule has 0 heterocycles. The molecule has 1 aromatic carbocycles. The van der Waals surface area contributed by atoms with E-state index in [1.807, 2.05) is 26.0 Å². The molecule has 0 aliphatic heterocycles. The van der Waals surface area contributed by atoms with E-state index in [9.17, 15) is 0 Å². The second-order valence-electron chi connectivity index (χ2n) is 3.54. The van der Waals surface area contributed by atoms with Gasteiger partial charge in [-0.1, -0.05) is 30.7 Å². The molecule has 0 spiro atoms. The Balaban J connectivity index is 2.63. The lowest BCUT2D eigenvalue weighted by Gasteiger charge is -2.12. The summed E-state index contributed by atoms with van der Waals surface area (Å²) in [5.74, 6) is 0.814. The van der Waals surface area contributed by atoms with Gasteiger partial charge in [0.25, 0.3) is 0 Å². The van der Waals surface area contributed by atoms with Crippen LogP contribution in [0.3, 0.4) is 0 Å². The first-order valence-electron chi connectivity index (χ1n) is 5.26. The van der Waals surface area contributed by atoms with E-state index in [2.05, 4.69) is 12.2 Å². The van der Waals surface area contributed by atoms with Crippen molar-refractivity contribution < 1.29 is 4.74 Å². The maximum absolute atomic E-state index is 6.17. The molecule has 3 heteroatoms. The number of ether oxygens (including phenoxy) is 1. The van der Waals surface area contributed by atoms with Crippen molar-refractivity contribution in [3.05, 3.63) is 28.3 Å². The van der Waals surface area contributed by atoms with Gasteiger partial charge in [0, 0.05) is 6.54 Å². The summed E-state index contributed by atoms with van der Waals surface area (Å²) in [6.45, 7) is 8.53. The summed E-state index contributed by atoms with van der Waals surface area (Å²) in [7, 11) is 0. The largest absolute Gasteiger partial charge is 0.490 e. The highest BCUT2D eigenvalue weighted by Gasteiger charge is 2.07. The zero-order chi connectivity index (χ0) is 11.3. The molecule has 0 unspecified atom stereocenters. The minimum absolute atomic E-state index is 0.651. The molecule has 0 aliphatic rings. The number of hydrogen-bond acceptors (Lipinski definition) is 2. The van der Waals surface area contributed by atoms with Gasteiger partial charge in [-0.2, -0.15) is 0 Å². The molecule has 0 aliphatic carbocycles. The quantitative estimate of drug-likeness (QED) is 0.781. The molecule has 1 rings (SSSR count). The summed E-state index contributed by atoms with van der Waals surface area (Å²) in [6, 6.07) is 4.04. The fourth-order valence-electron chi connectivity index (χ4n) is 1.33. The Morgan fingerprint density at radius 3 is 2.60 bits per heavy atom. The molecule has 0 amide bonds. The van der Waals surface area contributed by atoms with E-state index in [1.54, 1.807) is 0 Å². The molecular formula is C12H18ClNO. The Bertz CT molecular complexity index is 326. The maximum atomic E-state index is 6.17. The van der Waals surface area contributed by atoms with Crippen LogP contribution in [0.15, 0.2) is 12.1 Å². The van der Waals surface area contributed by atoms with Crippen LogP contribution in [0.5, 0.6) is 5.75 Å². The Labute approximate surface area is 96.6 Å². The molecule has 0 fully saturated rings. The number of halogens is 1. The van der Waals surface area contributed by atoms with Crippen molar-refractivity contribution in [1.82, 2.24) is 5.32 Å². The second kappa shape index (κ2) is 5.99. The van der Waals surface area contributed by atoms with Crippen LogP contribution >= 0.6 is 11.6 Å². The van der Waals surface area contributed by atoms with Gasteiger partial charge in [-0.25, -0.2) is 0 Å². The summed E-state index contributed by atoms with van der Waals surface area (Å²) in [6.07, 6.45) is 0. The Hall–Kier alpha value is -0.730. The Morgan fingerprint density at radius 2 is 1.93 bits per heavy atom. The van der Waals surface area contributed by atoms with Crippen molar-refractivity contribution in [2.75, 3.05) is 19.7 Å². The number of benzene rings is 1. The Kier molecular flexibility index (Phi) is 4.92. The first-order chi connectivity index (χ1) is 7.16. The highest BCUT2D eigenvalue weighted by atomic mass is 35.5. The van der Waals surface area contributed by atoms with Crippen molar-refractivity contribution in [1.29, 1.82) is 0 Å². The van der Waals surface area contributed by atoms with E-state index in [0.717, 1.165) is 35.0 Å². The summed E-state index contributed by atoms with van der Waals surface area (Å²) in [5, 5.41) is 3.93. The first kappa shape index (κ1) is 12.3. The minimum atomic E-state index is 0.651. The van der Waals surface area contributed by atoms with Gasteiger partial charge in [0.2, 0.25) is 0 Å². The smallest absolute Gasteiger partial charge is 0.141 e. The molecule has 84 valence electrons. The van der Waals surface area contributed by atoms with E-state index in [-0.39, 0.29) is 0 Å². The topological polar surface area (TPSA) is 21.3 Å². The average molecular weight is 228 g/mol. The molecule has 0 saturated carbocycles. The maximum Gasteiger partial charge on any atom is 0.141 e. The lowest BCUT2D eigenvalue weighted by molar-refractivity contribution is 0.313. The molecule has 0 saturated heterocycles. The van der Waals surface area contributed by atoms with Gasteiger partial charge >= 0.3 is 0 Å². The fourth-order valence-corrected chi connectivity index (χ4v) is 1.60. The van der Waals surface area contributed by atoms with Gasteiger partial charge < -0.3 is 10.1 Å². The third kappa shape index (κ3) is 3.40. The molecular weight excluding hydrogens is 210 g/mol. The number of hydrogen-bond donors (Lipinski definition) is 1. The second-order valence-corrected chi connectivity index (χ2v) is 3.92. The molecule has 1 N–H and O–H groups in total. The standard InChI is InChI=1S/C12H18ClNO/c1-4-14-7-8-15-12-10(3)6-5-9(2)11(12)13/h5-6,14H,4,7-8H2,1-3H3. The molecule has 0 radical (unpaired) electrons. The van der Waals surface area contributed by atoms with E-state index >= 15 is 0 Å². The predicted molar refractivity (Wildman–Crippen MR) is 65.0 cm³/mol. The van der Waals surface area contributed by atoms with Crippen molar-refractivity contribution in [3.63, 3.8) is 0 Å². The normalized spacial score (nSPS) is 10.4. The van der Waals surface area contributed by atoms with Crippen LogP contribution in [-0.4, -0.2) is 19.7 Å². The van der Waals surface area contributed by atoms with Crippen LogP contribution in [0.1, 0.15) is 18.1 Å². The van der Waals surface area contributed by atoms with E-state index in [4.69, 9.17) is 16.3 Å². The summed E-state index contributed by atoms with van der Waals surface area (Å²) in [4.78, 5) is 0. The van der Waals surface area contributed by atoms with Gasteiger partial charge in [0.05, 0.1) is 5.02 Å². The fraction of sp³-hybridized carbons (Fsp3) is 0.500. The summed E-state index contributed by atoms with van der Waals surface area (Å²) < 4.78 is 5.66. The van der Waals surface area contributed by atoms with Gasteiger partial charge in [0.15, 0.2) is 0 Å². The molecule has 0 aromatic heterocycles. The lowest BCUT2D eigenvalue weighted by atomic mass is 10.1. The molecule has 15 heavy (non-hydrogen) atoms. The summed E-state index contributed by atoms with van der Waals surface area (Å²) >= 11 is 6.17. The third-order valence-corrected chi connectivity index (χ3v) is 2.73. The van der Waals surface area contributed by atoms with E-state index in [0.29, 0.717) is 6.61 Å².